The highest BCUT2D eigenvalue weighted by molar-refractivity contribution is 5.76. The lowest BCUT2D eigenvalue weighted by Gasteiger charge is -2.39. The van der Waals surface area contributed by atoms with E-state index in [1.807, 2.05) is 60.7 Å². The predicted molar refractivity (Wildman–Crippen MR) is 139 cm³/mol. The average Bonchev–Trinajstić information content (AvgIpc) is 3.16. The number of hydrogen-bond donors (Lipinski definition) is 0. The average molecular weight is 514 g/mol. The van der Waals surface area contributed by atoms with Crippen molar-refractivity contribution >= 4 is 12.1 Å². The fraction of sp³-hybridized carbons (Fsp3) is 0.517. The molecule has 2 aromatic carbocycles. The molecular formula is C29H39NO7. The largest absolute Gasteiger partial charge is 0.464 e. The van der Waals surface area contributed by atoms with E-state index in [0.29, 0.717) is 0 Å². The lowest BCUT2D eigenvalue weighted by Crippen LogP contribution is -2.58. The van der Waals surface area contributed by atoms with Crippen LogP contribution in [0.3, 0.4) is 0 Å². The van der Waals surface area contributed by atoms with Gasteiger partial charge in [0.2, 0.25) is 0 Å². The van der Waals surface area contributed by atoms with E-state index in [-0.39, 0.29) is 26.4 Å². The molecule has 1 aliphatic heterocycles. The number of carbonyl (C=O) groups excluding carboxylic acids is 2. The fourth-order valence-corrected chi connectivity index (χ4v) is 4.19. The highest BCUT2D eigenvalue weighted by Crippen LogP contribution is 2.34. The van der Waals surface area contributed by atoms with Gasteiger partial charge in [-0.1, -0.05) is 60.7 Å². The second-order valence-corrected chi connectivity index (χ2v) is 10.4. The molecule has 0 unspecified atom stereocenters. The second kappa shape index (κ2) is 12.5. The van der Waals surface area contributed by atoms with Gasteiger partial charge in [-0.25, -0.2) is 9.59 Å². The minimum absolute atomic E-state index is 0.135. The molecule has 0 N–H and O–H groups in total. The minimum atomic E-state index is -1.11. The van der Waals surface area contributed by atoms with Crippen molar-refractivity contribution in [3.05, 3.63) is 71.8 Å². The number of ether oxygens (including phenoxy) is 5. The molecule has 8 nitrogen and oxygen atoms in total. The van der Waals surface area contributed by atoms with E-state index in [1.165, 1.54) is 4.90 Å². The van der Waals surface area contributed by atoms with Gasteiger partial charge < -0.3 is 23.7 Å². The van der Waals surface area contributed by atoms with Crippen LogP contribution >= 0.6 is 0 Å². The van der Waals surface area contributed by atoms with E-state index in [9.17, 15) is 9.59 Å². The molecule has 3 rings (SSSR count). The first-order valence-electron chi connectivity index (χ1n) is 12.7. The van der Waals surface area contributed by atoms with E-state index < -0.39 is 41.6 Å². The van der Waals surface area contributed by atoms with Gasteiger partial charge in [0, 0.05) is 0 Å². The molecular weight excluding hydrogens is 474 g/mol. The molecule has 1 saturated heterocycles. The van der Waals surface area contributed by atoms with E-state index in [4.69, 9.17) is 23.7 Å². The summed E-state index contributed by atoms with van der Waals surface area (Å²) in [5.74, 6) is -0.565. The first-order chi connectivity index (χ1) is 17.5. The fourth-order valence-electron chi connectivity index (χ4n) is 4.19. The molecule has 0 spiro atoms. The molecule has 2 aromatic rings. The van der Waals surface area contributed by atoms with Crippen molar-refractivity contribution in [1.29, 1.82) is 0 Å². The third-order valence-corrected chi connectivity index (χ3v) is 5.86. The lowest BCUT2D eigenvalue weighted by atomic mass is 10.0. The Hall–Kier alpha value is -2.94. The van der Waals surface area contributed by atoms with Crippen LogP contribution in [-0.4, -0.2) is 59.8 Å². The van der Waals surface area contributed by atoms with Gasteiger partial charge in [-0.05, 0) is 52.7 Å². The van der Waals surface area contributed by atoms with Crippen LogP contribution in [0.25, 0.3) is 0 Å². The summed E-state index contributed by atoms with van der Waals surface area (Å²) in [6.07, 6.45) is -2.56. The normalized spacial score (nSPS) is 18.8. The molecule has 0 aliphatic carbocycles. The third-order valence-electron chi connectivity index (χ3n) is 5.86. The molecule has 37 heavy (non-hydrogen) atoms. The van der Waals surface area contributed by atoms with E-state index in [1.54, 1.807) is 41.5 Å². The first kappa shape index (κ1) is 28.6. The highest BCUT2D eigenvalue weighted by Gasteiger charge is 2.52. The second-order valence-electron chi connectivity index (χ2n) is 10.4. The van der Waals surface area contributed by atoms with Gasteiger partial charge in [0.15, 0.2) is 6.10 Å². The summed E-state index contributed by atoms with van der Waals surface area (Å²) in [5, 5.41) is 0. The molecule has 1 amide bonds. The number of rotatable bonds is 10. The van der Waals surface area contributed by atoms with Gasteiger partial charge >= 0.3 is 12.1 Å². The minimum Gasteiger partial charge on any atom is -0.464 e. The molecule has 0 aromatic heterocycles. The number of benzene rings is 2. The number of esters is 1. The summed E-state index contributed by atoms with van der Waals surface area (Å²) in [4.78, 5) is 28.1. The third kappa shape index (κ3) is 8.02. The van der Waals surface area contributed by atoms with Crippen LogP contribution in [-0.2, 0) is 41.7 Å². The van der Waals surface area contributed by atoms with Crippen LogP contribution in [0.4, 0.5) is 4.79 Å². The first-order valence-corrected chi connectivity index (χ1v) is 12.7. The summed E-state index contributed by atoms with van der Waals surface area (Å²) in [5.41, 5.74) is 0.108. The van der Waals surface area contributed by atoms with Crippen molar-refractivity contribution in [3.63, 3.8) is 0 Å². The highest BCUT2D eigenvalue weighted by atomic mass is 16.6. The molecule has 1 heterocycles. The zero-order valence-electron chi connectivity index (χ0n) is 22.6. The Balaban J connectivity index is 1.96. The number of nitrogens with zero attached hydrogens (tertiary/aromatic N) is 1. The van der Waals surface area contributed by atoms with Gasteiger partial charge in [-0.3, -0.25) is 4.90 Å². The van der Waals surface area contributed by atoms with Crippen LogP contribution in [0.15, 0.2) is 60.7 Å². The maximum atomic E-state index is 13.4. The van der Waals surface area contributed by atoms with Gasteiger partial charge in [0.05, 0.1) is 32.5 Å². The SMILES string of the molecule is CCOC(=O)[C@@H](OCc1ccccc1)[C@H](OCc1ccccc1)[C@H]1COC(C)(C)N1C(=O)OC(C)(C)C. The van der Waals surface area contributed by atoms with E-state index >= 15 is 0 Å². The lowest BCUT2D eigenvalue weighted by molar-refractivity contribution is -0.176. The van der Waals surface area contributed by atoms with Crippen LogP contribution in [0, 0.1) is 0 Å². The maximum absolute atomic E-state index is 13.4. The Kier molecular flexibility index (Phi) is 9.70. The number of amides is 1. The summed E-state index contributed by atoms with van der Waals surface area (Å²) in [6, 6.07) is 18.5. The molecule has 8 heteroatoms. The Bertz CT molecular complexity index is 1000. The Morgan fingerprint density at radius 1 is 0.973 bits per heavy atom. The topological polar surface area (TPSA) is 83.5 Å². The molecule has 0 radical (unpaired) electrons. The van der Waals surface area contributed by atoms with E-state index in [0.717, 1.165) is 11.1 Å². The standard InChI is InChI=1S/C29H39NO7/c1-7-33-26(31)25(35-19-22-16-12-9-13-17-22)24(34-18-21-14-10-8-11-15-21)23-20-36-29(5,6)30(23)27(32)37-28(2,3)4/h8-17,23-25H,7,18-20H2,1-6H3/t23-,24-,25+/m1/s1. The Morgan fingerprint density at radius 3 is 2.03 bits per heavy atom. The predicted octanol–water partition coefficient (Wildman–Crippen LogP) is 5.09. The number of carbonyl (C=O) groups is 2. The zero-order valence-corrected chi connectivity index (χ0v) is 22.6. The summed E-state index contributed by atoms with van der Waals surface area (Å²) in [6.45, 7) is 11.4. The molecule has 0 bridgehead atoms. The smallest absolute Gasteiger partial charge is 0.412 e. The molecule has 1 aliphatic rings. The van der Waals surface area contributed by atoms with Crippen molar-refractivity contribution in [3.8, 4) is 0 Å². The Labute approximate surface area is 219 Å². The van der Waals surface area contributed by atoms with Crippen LogP contribution < -0.4 is 0 Å². The maximum Gasteiger partial charge on any atom is 0.412 e. The molecule has 1 fully saturated rings. The monoisotopic (exact) mass is 513 g/mol. The van der Waals surface area contributed by atoms with E-state index in [2.05, 4.69) is 0 Å². The van der Waals surface area contributed by atoms with Gasteiger partial charge in [-0.2, -0.15) is 0 Å². The Morgan fingerprint density at radius 2 is 1.51 bits per heavy atom. The molecule has 0 saturated carbocycles. The molecule has 3 atom stereocenters. The zero-order chi connectivity index (χ0) is 27.1. The summed E-state index contributed by atoms with van der Waals surface area (Å²) in [7, 11) is 0. The van der Waals surface area contributed by atoms with Gasteiger partial charge in [-0.15, -0.1) is 0 Å². The quantitative estimate of drug-likeness (QED) is 0.409. The van der Waals surface area contributed by atoms with Crippen LogP contribution in [0.5, 0.6) is 0 Å². The van der Waals surface area contributed by atoms with Crippen molar-refractivity contribution < 1.29 is 33.3 Å². The van der Waals surface area contributed by atoms with Gasteiger partial charge in [0.1, 0.15) is 17.4 Å². The van der Waals surface area contributed by atoms with Gasteiger partial charge in [0.25, 0.3) is 0 Å². The van der Waals surface area contributed by atoms with Crippen molar-refractivity contribution in [2.24, 2.45) is 0 Å². The number of hydrogen-bond acceptors (Lipinski definition) is 7. The van der Waals surface area contributed by atoms with Crippen molar-refractivity contribution in [2.45, 2.75) is 84.3 Å². The molecule has 202 valence electrons. The van der Waals surface area contributed by atoms with Crippen LogP contribution in [0.2, 0.25) is 0 Å². The van der Waals surface area contributed by atoms with Crippen molar-refractivity contribution in [1.82, 2.24) is 4.90 Å². The van der Waals surface area contributed by atoms with Crippen molar-refractivity contribution in [2.75, 3.05) is 13.2 Å². The summed E-state index contributed by atoms with van der Waals surface area (Å²) >= 11 is 0. The van der Waals surface area contributed by atoms with Crippen LogP contribution in [0.1, 0.15) is 52.7 Å². The summed E-state index contributed by atoms with van der Waals surface area (Å²) < 4.78 is 29.7.